The van der Waals surface area contributed by atoms with E-state index < -0.39 is 47.2 Å². The van der Waals surface area contributed by atoms with Crippen molar-refractivity contribution in [3.05, 3.63) is 40.9 Å². The van der Waals surface area contributed by atoms with Crippen LogP contribution in [0.15, 0.2) is 35.4 Å². The standard InChI is InChI=1S/C26H31F4N5O5S2/c1-2-42(37,38)20-5-3-16(4-6-20)21(7-8-31)33-23(36)22-13-32-26(41-22)35-10-9-34(14-18(35)15-39-24(27)28)17-11-19(12-17)40-25(29)30/h3-6,13,17-19,21,24-25H,2,7,9-12,14-15H2,1H3,(H,33,36)/t17?,18-,19?,21-/m0/s1. The number of anilines is 1. The molecule has 1 aromatic carbocycles. The SMILES string of the molecule is CCS(=O)(=O)c1ccc([C@H](CC#N)NC(=O)c2cnc(N3CCN(C4CC(OC(F)F)C4)C[C@H]3COC(F)F)s2)cc1. The molecule has 1 N–H and O–H groups in total. The third-order valence-electron chi connectivity index (χ3n) is 7.40. The fourth-order valence-corrected chi connectivity index (χ4v) is 6.83. The summed E-state index contributed by atoms with van der Waals surface area (Å²) in [6.45, 7) is -3.30. The van der Waals surface area contributed by atoms with E-state index in [9.17, 15) is 36.0 Å². The molecule has 2 fully saturated rings. The van der Waals surface area contributed by atoms with E-state index in [2.05, 4.69) is 19.8 Å². The Labute approximate surface area is 245 Å². The molecule has 2 aliphatic rings. The summed E-state index contributed by atoms with van der Waals surface area (Å²) in [5, 5.41) is 12.5. The average molecular weight is 634 g/mol. The minimum atomic E-state index is -3.40. The summed E-state index contributed by atoms with van der Waals surface area (Å²) in [7, 11) is -3.40. The molecule has 230 valence electrons. The van der Waals surface area contributed by atoms with Gasteiger partial charge in [0, 0.05) is 25.7 Å². The number of carbonyl (C=O) groups excluding carboxylic acids is 1. The van der Waals surface area contributed by atoms with Gasteiger partial charge >= 0.3 is 13.2 Å². The van der Waals surface area contributed by atoms with E-state index in [-0.39, 0.29) is 34.6 Å². The second-order valence-electron chi connectivity index (χ2n) is 9.95. The normalized spacial score (nSPS) is 22.1. The summed E-state index contributed by atoms with van der Waals surface area (Å²) in [4.78, 5) is 21.7. The Morgan fingerprint density at radius 2 is 1.90 bits per heavy atom. The Kier molecular flexibility index (Phi) is 10.8. The van der Waals surface area contributed by atoms with Gasteiger partial charge in [0.1, 0.15) is 4.88 Å². The summed E-state index contributed by atoms with van der Waals surface area (Å²) >= 11 is 1.06. The van der Waals surface area contributed by atoms with Crippen LogP contribution >= 0.6 is 11.3 Å². The van der Waals surface area contributed by atoms with Crippen LogP contribution in [-0.4, -0.2) is 87.6 Å². The first-order valence-electron chi connectivity index (χ1n) is 13.3. The average Bonchev–Trinajstić information content (AvgIpc) is 3.43. The van der Waals surface area contributed by atoms with E-state index in [1.165, 1.54) is 25.3 Å². The fourth-order valence-electron chi connectivity index (χ4n) is 5.03. The molecule has 1 amide bonds. The van der Waals surface area contributed by atoms with Crippen LogP contribution in [0.1, 0.15) is 47.5 Å². The lowest BCUT2D eigenvalue weighted by molar-refractivity contribution is -0.194. The van der Waals surface area contributed by atoms with Crippen molar-refractivity contribution >= 4 is 32.2 Å². The Hall–Kier alpha value is -2.84. The molecule has 0 bridgehead atoms. The molecule has 4 rings (SSSR count). The molecular weight excluding hydrogens is 602 g/mol. The Balaban J connectivity index is 1.42. The summed E-state index contributed by atoms with van der Waals surface area (Å²) in [6, 6.07) is 6.78. The van der Waals surface area contributed by atoms with Crippen molar-refractivity contribution in [2.45, 2.75) is 68.5 Å². The molecule has 1 aliphatic carbocycles. The monoisotopic (exact) mass is 633 g/mol. The maximum absolute atomic E-state index is 13.1. The van der Waals surface area contributed by atoms with Gasteiger partial charge in [0.2, 0.25) is 0 Å². The van der Waals surface area contributed by atoms with Gasteiger partial charge in [0.15, 0.2) is 15.0 Å². The predicted octanol–water partition coefficient (Wildman–Crippen LogP) is 3.82. The Morgan fingerprint density at radius 3 is 2.52 bits per heavy atom. The molecule has 16 heteroatoms. The van der Waals surface area contributed by atoms with Crippen LogP contribution < -0.4 is 10.2 Å². The fraction of sp³-hybridized carbons (Fsp3) is 0.577. The van der Waals surface area contributed by atoms with Gasteiger partial charge < -0.3 is 19.7 Å². The van der Waals surface area contributed by atoms with E-state index >= 15 is 0 Å². The van der Waals surface area contributed by atoms with Gasteiger partial charge in [-0.2, -0.15) is 22.8 Å². The van der Waals surface area contributed by atoms with E-state index in [1.54, 1.807) is 17.0 Å². The van der Waals surface area contributed by atoms with Crippen molar-refractivity contribution < 1.29 is 40.2 Å². The van der Waals surface area contributed by atoms with Gasteiger partial charge in [-0.05, 0) is 30.5 Å². The number of nitrogens with zero attached hydrogens (tertiary/aromatic N) is 4. The number of nitriles is 1. The molecule has 42 heavy (non-hydrogen) atoms. The molecule has 2 heterocycles. The number of rotatable bonds is 13. The highest BCUT2D eigenvalue weighted by Gasteiger charge is 2.40. The lowest BCUT2D eigenvalue weighted by atomic mass is 9.87. The van der Waals surface area contributed by atoms with Gasteiger partial charge in [-0.3, -0.25) is 9.69 Å². The van der Waals surface area contributed by atoms with E-state index in [0.29, 0.717) is 43.2 Å². The molecule has 2 aromatic rings. The first kappa shape index (κ1) is 32.1. The molecule has 1 saturated carbocycles. The highest BCUT2D eigenvalue weighted by molar-refractivity contribution is 7.91. The Bertz CT molecular complexity index is 1350. The number of nitrogens with one attached hydrogen (secondary N) is 1. The maximum Gasteiger partial charge on any atom is 0.345 e. The van der Waals surface area contributed by atoms with Crippen LogP contribution in [0.5, 0.6) is 0 Å². The van der Waals surface area contributed by atoms with E-state index in [0.717, 1.165) is 11.3 Å². The first-order chi connectivity index (χ1) is 20.0. The highest BCUT2D eigenvalue weighted by atomic mass is 32.2. The smallest absolute Gasteiger partial charge is 0.343 e. The number of ether oxygens (including phenoxy) is 2. The van der Waals surface area contributed by atoms with Gasteiger partial charge in [0.25, 0.3) is 5.91 Å². The zero-order valence-corrected chi connectivity index (χ0v) is 24.3. The highest BCUT2D eigenvalue weighted by Crippen LogP contribution is 2.33. The van der Waals surface area contributed by atoms with Crippen molar-refractivity contribution in [2.24, 2.45) is 0 Å². The molecule has 0 unspecified atom stereocenters. The van der Waals surface area contributed by atoms with Crippen LogP contribution in [0.2, 0.25) is 0 Å². The number of halogens is 4. The van der Waals surface area contributed by atoms with Crippen molar-refractivity contribution in [3.8, 4) is 6.07 Å². The first-order valence-corrected chi connectivity index (χ1v) is 15.8. The third-order valence-corrected chi connectivity index (χ3v) is 10.2. The number of amides is 1. The van der Waals surface area contributed by atoms with Crippen molar-refractivity contribution in [1.29, 1.82) is 5.26 Å². The quantitative estimate of drug-likeness (QED) is 0.328. The van der Waals surface area contributed by atoms with Crippen LogP contribution in [0.4, 0.5) is 22.7 Å². The van der Waals surface area contributed by atoms with Gasteiger partial charge in [0.05, 0.1) is 54.1 Å². The topological polar surface area (TPSA) is 125 Å². The summed E-state index contributed by atoms with van der Waals surface area (Å²) in [5.41, 5.74) is 0.558. The number of piperazine rings is 1. The number of hydrogen-bond donors (Lipinski definition) is 1. The van der Waals surface area contributed by atoms with Crippen LogP contribution in [0.3, 0.4) is 0 Å². The molecule has 1 aliphatic heterocycles. The number of thiazole rings is 1. The molecular formula is C26H31F4N5O5S2. The summed E-state index contributed by atoms with van der Waals surface area (Å²) in [6.07, 6.45) is 1.63. The third kappa shape index (κ3) is 7.95. The number of sulfone groups is 1. The molecule has 1 aromatic heterocycles. The number of carbonyl (C=O) groups is 1. The molecule has 0 radical (unpaired) electrons. The number of benzene rings is 1. The number of alkyl halides is 4. The second kappa shape index (κ2) is 14.1. The summed E-state index contributed by atoms with van der Waals surface area (Å²) in [5.74, 6) is -0.553. The van der Waals surface area contributed by atoms with Gasteiger partial charge in [-0.1, -0.05) is 30.4 Å². The zero-order chi connectivity index (χ0) is 30.4. The van der Waals surface area contributed by atoms with Crippen LogP contribution in [0.25, 0.3) is 0 Å². The number of aromatic nitrogens is 1. The minimum Gasteiger partial charge on any atom is -0.343 e. The molecule has 10 nitrogen and oxygen atoms in total. The second-order valence-corrected chi connectivity index (χ2v) is 13.2. The largest absolute Gasteiger partial charge is 0.345 e. The van der Waals surface area contributed by atoms with Crippen LogP contribution in [-0.2, 0) is 19.3 Å². The predicted molar refractivity (Wildman–Crippen MR) is 145 cm³/mol. The van der Waals surface area contributed by atoms with Gasteiger partial charge in [-0.25, -0.2) is 13.4 Å². The van der Waals surface area contributed by atoms with E-state index in [4.69, 9.17) is 0 Å². The Morgan fingerprint density at radius 1 is 1.19 bits per heavy atom. The van der Waals surface area contributed by atoms with Crippen molar-refractivity contribution in [3.63, 3.8) is 0 Å². The van der Waals surface area contributed by atoms with Crippen LogP contribution in [0, 0.1) is 11.3 Å². The molecule has 0 spiro atoms. The van der Waals surface area contributed by atoms with Gasteiger partial charge in [-0.15, -0.1) is 0 Å². The minimum absolute atomic E-state index is 0.00389. The molecule has 1 saturated heterocycles. The maximum atomic E-state index is 13.1. The van der Waals surface area contributed by atoms with Crippen molar-refractivity contribution in [2.75, 3.05) is 36.9 Å². The lowest BCUT2D eigenvalue weighted by Gasteiger charge is -2.48. The number of hydrogen-bond acceptors (Lipinski definition) is 10. The van der Waals surface area contributed by atoms with E-state index in [1.807, 2.05) is 11.0 Å². The van der Waals surface area contributed by atoms with Crippen molar-refractivity contribution in [1.82, 2.24) is 15.2 Å². The molecule has 2 atom stereocenters. The summed E-state index contributed by atoms with van der Waals surface area (Å²) < 4.78 is 84.1. The lowest BCUT2D eigenvalue weighted by Crippen LogP contribution is -2.60. The zero-order valence-electron chi connectivity index (χ0n) is 22.7.